The van der Waals surface area contributed by atoms with Gasteiger partial charge < -0.3 is 23.9 Å². The molecule has 0 aliphatic carbocycles. The van der Waals surface area contributed by atoms with E-state index in [0.29, 0.717) is 0 Å². The summed E-state index contributed by atoms with van der Waals surface area (Å²) < 4.78 is 16.3. The maximum Gasteiger partial charge on any atom is 0.500 e. The second-order valence-electron chi connectivity index (χ2n) is 8.50. The molecule has 0 rings (SSSR count). The van der Waals surface area contributed by atoms with Crippen molar-refractivity contribution in [2.75, 3.05) is 47.5 Å². The Morgan fingerprint density at radius 2 is 0.839 bits per heavy atom. The van der Waals surface area contributed by atoms with Gasteiger partial charge in [0.15, 0.2) is 0 Å². The van der Waals surface area contributed by atoms with Crippen LogP contribution in [0.2, 0.25) is 6.04 Å². The third-order valence-corrected chi connectivity index (χ3v) is 8.79. The Kier molecular flexibility index (Phi) is 28.7. The zero-order chi connectivity index (χ0) is 22.2. The molecule has 190 valence electrons. The Bertz CT molecular complexity index is 330. The van der Waals surface area contributed by atoms with Gasteiger partial charge in [0, 0.05) is 40.5 Å². The van der Waals surface area contributed by atoms with E-state index >= 15 is 0 Å². The maximum atomic E-state index is 5.43. The van der Waals surface area contributed by atoms with Crippen LogP contribution in [-0.2, 0) is 13.3 Å². The number of hydrogen-bond donors (Lipinski definition) is 2. The van der Waals surface area contributed by atoms with Gasteiger partial charge in [-0.25, -0.2) is 0 Å². The summed E-state index contributed by atoms with van der Waals surface area (Å²) in [6.07, 6.45) is 20.9. The van der Waals surface area contributed by atoms with Gasteiger partial charge in [0.2, 0.25) is 0 Å². The summed E-state index contributed by atoms with van der Waals surface area (Å²) in [5, 5.41) is 7.02. The molecule has 5 nitrogen and oxygen atoms in total. The van der Waals surface area contributed by atoms with Crippen molar-refractivity contribution < 1.29 is 13.3 Å². The molecule has 0 aromatic heterocycles. The highest BCUT2D eigenvalue weighted by atomic mass is 35.5. The Morgan fingerprint density at radius 3 is 1.23 bits per heavy atom. The van der Waals surface area contributed by atoms with Crippen LogP contribution in [0.5, 0.6) is 0 Å². The summed E-state index contributed by atoms with van der Waals surface area (Å²) in [6, 6.07) is 0.857. The summed E-state index contributed by atoms with van der Waals surface area (Å²) in [7, 11) is 2.64. The largest absolute Gasteiger partial charge is 0.500 e. The first-order valence-electron chi connectivity index (χ1n) is 12.8. The van der Waals surface area contributed by atoms with Crippen molar-refractivity contribution >= 4 is 21.2 Å². The third kappa shape index (κ3) is 21.9. The topological polar surface area (TPSA) is 51.8 Å². The van der Waals surface area contributed by atoms with Crippen molar-refractivity contribution in [1.29, 1.82) is 0 Å². The summed E-state index contributed by atoms with van der Waals surface area (Å²) in [5.41, 5.74) is 0. The van der Waals surface area contributed by atoms with E-state index in [1.165, 1.54) is 89.9 Å². The molecule has 0 aliphatic rings. The lowest BCUT2D eigenvalue weighted by Gasteiger charge is -2.24. The minimum Gasteiger partial charge on any atom is -0.377 e. The molecular formula is C24H55ClN2O3Si. The fourth-order valence-electron chi connectivity index (χ4n) is 3.86. The Hall–Kier alpha value is 0.307. The maximum absolute atomic E-state index is 5.43. The van der Waals surface area contributed by atoms with Gasteiger partial charge >= 0.3 is 8.80 Å². The van der Waals surface area contributed by atoms with Crippen molar-refractivity contribution in [3.63, 3.8) is 0 Å². The molecule has 0 atom stereocenters. The van der Waals surface area contributed by atoms with Crippen LogP contribution in [0.4, 0.5) is 0 Å². The Morgan fingerprint density at radius 1 is 0.484 bits per heavy atom. The van der Waals surface area contributed by atoms with E-state index in [0.717, 1.165) is 38.6 Å². The van der Waals surface area contributed by atoms with Gasteiger partial charge in [-0.15, -0.1) is 12.4 Å². The van der Waals surface area contributed by atoms with Crippen LogP contribution < -0.4 is 10.6 Å². The third-order valence-electron chi connectivity index (χ3n) is 5.96. The molecular weight excluding hydrogens is 428 g/mol. The van der Waals surface area contributed by atoms with Crippen molar-refractivity contribution in [3.05, 3.63) is 0 Å². The zero-order valence-electron chi connectivity index (χ0n) is 21.3. The quantitative estimate of drug-likeness (QED) is 0.117. The van der Waals surface area contributed by atoms with Gasteiger partial charge in [-0.3, -0.25) is 0 Å². The predicted octanol–water partition coefficient (Wildman–Crippen LogP) is 6.34. The van der Waals surface area contributed by atoms with E-state index in [9.17, 15) is 0 Å². The van der Waals surface area contributed by atoms with E-state index in [1.54, 1.807) is 21.3 Å². The molecule has 0 aromatic carbocycles. The van der Waals surface area contributed by atoms with E-state index in [4.69, 9.17) is 13.3 Å². The minimum absolute atomic E-state index is 0. The molecule has 0 amide bonds. The second kappa shape index (κ2) is 26.6. The van der Waals surface area contributed by atoms with Crippen molar-refractivity contribution in [2.24, 2.45) is 0 Å². The van der Waals surface area contributed by atoms with Gasteiger partial charge in [-0.05, 0) is 25.9 Å². The van der Waals surface area contributed by atoms with Crippen molar-refractivity contribution in [3.8, 4) is 0 Å². The molecule has 0 bridgehead atoms. The predicted molar refractivity (Wildman–Crippen MR) is 140 cm³/mol. The van der Waals surface area contributed by atoms with E-state index in [2.05, 4.69) is 17.6 Å². The number of rotatable bonds is 25. The molecule has 0 saturated carbocycles. The standard InChI is InChI=1S/C24H54N2O3Si.ClH/c1-5-6-7-8-9-10-11-12-13-14-15-16-17-18-20-25-22-23-26-21-19-24-30(27-2,28-3)29-4;/h25-26H,5-24H2,1-4H3;1H. The van der Waals surface area contributed by atoms with Crippen molar-refractivity contribution in [1.82, 2.24) is 10.6 Å². The highest BCUT2D eigenvalue weighted by Crippen LogP contribution is 2.14. The summed E-state index contributed by atoms with van der Waals surface area (Å²) in [6.45, 7) is 6.47. The average Bonchev–Trinajstić information content (AvgIpc) is 2.78. The van der Waals surface area contributed by atoms with Gasteiger partial charge in [0.25, 0.3) is 0 Å². The lowest BCUT2D eigenvalue weighted by Crippen LogP contribution is -2.43. The molecule has 0 heterocycles. The number of hydrogen-bond acceptors (Lipinski definition) is 5. The second-order valence-corrected chi connectivity index (χ2v) is 11.6. The minimum atomic E-state index is -2.39. The lowest BCUT2D eigenvalue weighted by molar-refractivity contribution is 0.123. The van der Waals surface area contributed by atoms with Gasteiger partial charge in [0.05, 0.1) is 0 Å². The fraction of sp³-hybridized carbons (Fsp3) is 1.00. The van der Waals surface area contributed by atoms with Crippen LogP contribution in [0, 0.1) is 0 Å². The van der Waals surface area contributed by atoms with Crippen LogP contribution >= 0.6 is 12.4 Å². The fourth-order valence-corrected chi connectivity index (χ4v) is 5.58. The smallest absolute Gasteiger partial charge is 0.377 e. The summed E-state index contributed by atoms with van der Waals surface area (Å²) >= 11 is 0. The van der Waals surface area contributed by atoms with Crippen LogP contribution in [0.25, 0.3) is 0 Å². The van der Waals surface area contributed by atoms with E-state index < -0.39 is 8.80 Å². The molecule has 0 radical (unpaired) electrons. The van der Waals surface area contributed by atoms with Gasteiger partial charge in [-0.2, -0.15) is 0 Å². The molecule has 0 spiro atoms. The molecule has 0 unspecified atom stereocenters. The van der Waals surface area contributed by atoms with Gasteiger partial charge in [-0.1, -0.05) is 90.4 Å². The van der Waals surface area contributed by atoms with Crippen LogP contribution in [0.15, 0.2) is 0 Å². The molecule has 0 fully saturated rings. The molecule has 0 aliphatic heterocycles. The highest BCUT2D eigenvalue weighted by molar-refractivity contribution is 6.60. The number of unbranched alkanes of at least 4 members (excludes halogenated alkanes) is 13. The SMILES string of the molecule is CCCCCCCCCCCCCCCCNCCNCCC[Si](OC)(OC)OC.Cl. The summed E-state index contributed by atoms with van der Waals surface area (Å²) in [4.78, 5) is 0. The molecule has 31 heavy (non-hydrogen) atoms. The van der Waals surface area contributed by atoms with E-state index in [1.807, 2.05) is 0 Å². The van der Waals surface area contributed by atoms with Crippen molar-refractivity contribution in [2.45, 2.75) is 109 Å². The van der Waals surface area contributed by atoms with Gasteiger partial charge in [0.1, 0.15) is 0 Å². The molecule has 2 N–H and O–H groups in total. The summed E-state index contributed by atoms with van der Waals surface area (Å²) in [5.74, 6) is 0. The molecule has 0 saturated heterocycles. The first-order valence-corrected chi connectivity index (χ1v) is 14.7. The first kappa shape index (κ1) is 33.5. The average molecular weight is 483 g/mol. The molecule has 0 aromatic rings. The highest BCUT2D eigenvalue weighted by Gasteiger charge is 2.36. The Balaban J connectivity index is 0. The number of halogens is 1. The first-order chi connectivity index (χ1) is 14.7. The van der Waals surface area contributed by atoms with Crippen LogP contribution in [0.3, 0.4) is 0 Å². The monoisotopic (exact) mass is 482 g/mol. The Labute approximate surface area is 201 Å². The van der Waals surface area contributed by atoms with Crippen LogP contribution in [0.1, 0.15) is 103 Å². The number of nitrogens with one attached hydrogen (secondary N) is 2. The lowest BCUT2D eigenvalue weighted by atomic mass is 10.0. The normalized spacial score (nSPS) is 11.6. The van der Waals surface area contributed by atoms with Crippen LogP contribution in [-0.4, -0.2) is 56.3 Å². The zero-order valence-corrected chi connectivity index (χ0v) is 23.1. The molecule has 7 heteroatoms. The van der Waals surface area contributed by atoms with E-state index in [-0.39, 0.29) is 12.4 Å².